The first kappa shape index (κ1) is 12.2. The number of rotatable bonds is 1. The van der Waals surface area contributed by atoms with Crippen LogP contribution < -0.4 is 0 Å². The zero-order valence-corrected chi connectivity index (χ0v) is 8.26. The average molecular weight is 245 g/mol. The highest BCUT2D eigenvalue weighted by molar-refractivity contribution is 6.31. The molecule has 0 bridgehead atoms. The molecule has 15 heavy (non-hydrogen) atoms. The highest BCUT2D eigenvalue weighted by atomic mass is 35.5. The molecule has 0 amide bonds. The van der Waals surface area contributed by atoms with Crippen LogP contribution in [0.1, 0.15) is 23.1 Å². The zero-order valence-electron chi connectivity index (χ0n) is 7.50. The predicted octanol–water partition coefficient (Wildman–Crippen LogP) is 4.60. The molecule has 84 valence electrons. The molecule has 0 spiro atoms. The largest absolute Gasteiger partial charge is 0.416 e. The molecule has 0 fully saturated rings. The molecule has 6 heteroatoms. The van der Waals surface area contributed by atoms with Gasteiger partial charge in [-0.15, -0.1) is 0 Å². The molecule has 0 atom stereocenters. The minimum atomic E-state index is -4.82. The smallest absolute Gasteiger partial charge is 0.205 e. The Morgan fingerprint density at radius 3 is 2.13 bits per heavy atom. The van der Waals surface area contributed by atoms with Crippen LogP contribution >= 0.6 is 11.6 Å². The van der Waals surface area contributed by atoms with E-state index in [0.29, 0.717) is 6.07 Å². The van der Waals surface area contributed by atoms with Gasteiger partial charge >= 0.3 is 6.18 Å². The van der Waals surface area contributed by atoms with Gasteiger partial charge in [0.05, 0.1) is 5.56 Å². The standard InChI is InChI=1S/C9H6ClF5/c1-4-2-5(8(11)12)6(3-7(4)10)9(13,14)15/h2-3,8H,1H3. The van der Waals surface area contributed by atoms with Gasteiger partial charge in [0.1, 0.15) is 0 Å². The molecular weight excluding hydrogens is 239 g/mol. The average Bonchev–Trinajstić information content (AvgIpc) is 2.06. The Morgan fingerprint density at radius 2 is 1.73 bits per heavy atom. The maximum Gasteiger partial charge on any atom is 0.416 e. The van der Waals surface area contributed by atoms with E-state index in [1.165, 1.54) is 6.92 Å². The summed E-state index contributed by atoms with van der Waals surface area (Å²) < 4.78 is 61.6. The predicted molar refractivity (Wildman–Crippen MR) is 46.1 cm³/mol. The summed E-state index contributed by atoms with van der Waals surface area (Å²) in [5.41, 5.74) is -2.22. The first-order chi connectivity index (χ1) is 6.73. The van der Waals surface area contributed by atoms with Crippen LogP contribution in [-0.2, 0) is 6.18 Å². The molecule has 0 radical (unpaired) electrons. The molecule has 0 aliphatic heterocycles. The van der Waals surface area contributed by atoms with Crippen LogP contribution in [0.3, 0.4) is 0 Å². The van der Waals surface area contributed by atoms with Gasteiger partial charge < -0.3 is 0 Å². The molecule has 0 aliphatic rings. The van der Waals surface area contributed by atoms with E-state index in [0.717, 1.165) is 6.07 Å². The number of aryl methyl sites for hydroxylation is 1. The van der Waals surface area contributed by atoms with Crippen molar-refractivity contribution in [2.75, 3.05) is 0 Å². The first-order valence-corrected chi connectivity index (χ1v) is 4.26. The summed E-state index contributed by atoms with van der Waals surface area (Å²) in [4.78, 5) is 0. The fourth-order valence-corrected chi connectivity index (χ4v) is 1.29. The molecule has 0 saturated heterocycles. The van der Waals surface area contributed by atoms with Crippen molar-refractivity contribution in [1.29, 1.82) is 0 Å². The van der Waals surface area contributed by atoms with Crippen LogP contribution in [0, 0.1) is 6.92 Å². The third-order valence-electron chi connectivity index (χ3n) is 1.87. The van der Waals surface area contributed by atoms with Crippen LogP contribution in [0.15, 0.2) is 12.1 Å². The van der Waals surface area contributed by atoms with E-state index in [-0.39, 0.29) is 10.6 Å². The Hall–Kier alpha value is -0.840. The van der Waals surface area contributed by atoms with Crippen molar-refractivity contribution in [3.8, 4) is 0 Å². The van der Waals surface area contributed by atoms with Gasteiger partial charge in [-0.2, -0.15) is 13.2 Å². The number of benzene rings is 1. The number of hydrogen-bond acceptors (Lipinski definition) is 0. The quantitative estimate of drug-likeness (QED) is 0.633. The SMILES string of the molecule is Cc1cc(C(F)F)c(C(F)(F)F)cc1Cl. The van der Waals surface area contributed by atoms with E-state index in [2.05, 4.69) is 0 Å². The summed E-state index contributed by atoms with van der Waals surface area (Å²) >= 11 is 5.45. The number of halogens is 6. The van der Waals surface area contributed by atoms with Crippen molar-refractivity contribution in [2.24, 2.45) is 0 Å². The summed E-state index contributed by atoms with van der Waals surface area (Å²) in [5.74, 6) is 0. The van der Waals surface area contributed by atoms with Gasteiger partial charge in [-0.05, 0) is 24.6 Å². The molecule has 0 N–H and O–H groups in total. The van der Waals surface area contributed by atoms with E-state index in [1.807, 2.05) is 0 Å². The lowest BCUT2D eigenvalue weighted by Gasteiger charge is -2.13. The Labute approximate surface area is 87.7 Å². The topological polar surface area (TPSA) is 0 Å². The van der Waals surface area contributed by atoms with E-state index in [4.69, 9.17) is 11.6 Å². The van der Waals surface area contributed by atoms with Crippen molar-refractivity contribution in [3.05, 3.63) is 33.8 Å². The minimum absolute atomic E-state index is 0.174. The summed E-state index contributed by atoms with van der Waals surface area (Å²) in [5, 5.41) is -0.174. The van der Waals surface area contributed by atoms with Gasteiger partial charge in [0.25, 0.3) is 6.43 Å². The van der Waals surface area contributed by atoms with E-state index in [1.54, 1.807) is 0 Å². The lowest BCUT2D eigenvalue weighted by Crippen LogP contribution is -2.10. The molecule has 0 aromatic heterocycles. The second-order valence-corrected chi connectivity index (χ2v) is 3.39. The summed E-state index contributed by atoms with van der Waals surface area (Å²) in [7, 11) is 0. The molecule has 1 aromatic rings. The third kappa shape index (κ3) is 2.59. The second kappa shape index (κ2) is 3.96. The maximum atomic E-state index is 12.3. The summed E-state index contributed by atoms with van der Waals surface area (Å²) in [6.45, 7) is 1.37. The maximum absolute atomic E-state index is 12.3. The van der Waals surface area contributed by atoms with Crippen LogP contribution in [0.2, 0.25) is 5.02 Å². The molecule has 1 aromatic carbocycles. The van der Waals surface area contributed by atoms with Crippen molar-refractivity contribution in [1.82, 2.24) is 0 Å². The van der Waals surface area contributed by atoms with Gasteiger partial charge in [-0.1, -0.05) is 11.6 Å². The Kier molecular flexibility index (Phi) is 3.23. The molecule has 0 saturated carbocycles. The van der Waals surface area contributed by atoms with E-state index < -0.39 is 23.7 Å². The fourth-order valence-electron chi connectivity index (χ4n) is 1.13. The van der Waals surface area contributed by atoms with Gasteiger partial charge in [0.15, 0.2) is 0 Å². The van der Waals surface area contributed by atoms with Crippen LogP contribution in [0.5, 0.6) is 0 Å². The molecule has 0 aliphatic carbocycles. The van der Waals surface area contributed by atoms with Gasteiger partial charge in [-0.3, -0.25) is 0 Å². The van der Waals surface area contributed by atoms with Gasteiger partial charge in [-0.25, -0.2) is 8.78 Å². The van der Waals surface area contributed by atoms with Crippen LogP contribution in [-0.4, -0.2) is 0 Å². The molecule has 0 nitrogen and oxygen atoms in total. The Balaban J connectivity index is 3.42. The summed E-state index contributed by atoms with van der Waals surface area (Å²) in [6, 6.07) is 1.29. The Morgan fingerprint density at radius 1 is 1.20 bits per heavy atom. The highest BCUT2D eigenvalue weighted by Crippen LogP contribution is 2.38. The minimum Gasteiger partial charge on any atom is -0.205 e. The normalized spacial score (nSPS) is 12.3. The summed E-state index contributed by atoms with van der Waals surface area (Å²) in [6.07, 6.45) is -7.99. The van der Waals surface area contributed by atoms with Crippen LogP contribution in [0.25, 0.3) is 0 Å². The fraction of sp³-hybridized carbons (Fsp3) is 0.333. The van der Waals surface area contributed by atoms with Crippen molar-refractivity contribution < 1.29 is 22.0 Å². The Bertz CT molecular complexity index is 370. The van der Waals surface area contributed by atoms with E-state index >= 15 is 0 Å². The van der Waals surface area contributed by atoms with Gasteiger partial charge in [0, 0.05) is 10.6 Å². The lowest BCUT2D eigenvalue weighted by atomic mass is 10.0. The monoisotopic (exact) mass is 244 g/mol. The van der Waals surface area contributed by atoms with Crippen molar-refractivity contribution >= 4 is 11.6 Å². The van der Waals surface area contributed by atoms with Crippen molar-refractivity contribution in [2.45, 2.75) is 19.5 Å². The molecule has 0 heterocycles. The number of alkyl halides is 5. The van der Waals surface area contributed by atoms with Crippen molar-refractivity contribution in [3.63, 3.8) is 0 Å². The van der Waals surface area contributed by atoms with E-state index in [9.17, 15) is 22.0 Å². The van der Waals surface area contributed by atoms with Crippen LogP contribution in [0.4, 0.5) is 22.0 Å². The lowest BCUT2D eigenvalue weighted by molar-refractivity contribution is -0.139. The second-order valence-electron chi connectivity index (χ2n) is 2.99. The molecular formula is C9H6ClF5. The first-order valence-electron chi connectivity index (χ1n) is 3.89. The third-order valence-corrected chi connectivity index (χ3v) is 2.28. The molecule has 1 rings (SSSR count). The highest BCUT2D eigenvalue weighted by Gasteiger charge is 2.36. The number of hydrogen-bond donors (Lipinski definition) is 0. The molecule has 0 unspecified atom stereocenters. The zero-order chi connectivity index (χ0) is 11.8. The van der Waals surface area contributed by atoms with Gasteiger partial charge in [0.2, 0.25) is 0 Å².